The molecule has 0 aliphatic carbocycles. The maximum atomic E-state index is 11.7. The summed E-state index contributed by atoms with van der Waals surface area (Å²) >= 11 is 0. The SMILES string of the molecule is NC(=O)CCC(=O)Nc1ccc(Oc2ccc(OCc3ccccc3)cc2)nc1. The lowest BCUT2D eigenvalue weighted by Gasteiger charge is -2.09. The number of hydrogen-bond donors (Lipinski definition) is 2. The minimum absolute atomic E-state index is 0.00547. The predicted octanol–water partition coefficient (Wildman–Crippen LogP) is 3.66. The number of nitrogens with one attached hydrogen (secondary N) is 1. The van der Waals surface area contributed by atoms with Gasteiger partial charge in [-0.05, 0) is 35.9 Å². The number of primary amides is 1. The Balaban J connectivity index is 1.49. The molecule has 0 bridgehead atoms. The number of carbonyl (C=O) groups is 2. The van der Waals surface area contributed by atoms with Gasteiger partial charge in [-0.1, -0.05) is 30.3 Å². The van der Waals surface area contributed by atoms with Gasteiger partial charge < -0.3 is 20.5 Å². The molecule has 29 heavy (non-hydrogen) atoms. The van der Waals surface area contributed by atoms with E-state index in [0.717, 1.165) is 11.3 Å². The molecule has 3 rings (SSSR count). The van der Waals surface area contributed by atoms with Crippen LogP contribution >= 0.6 is 0 Å². The third-order valence-electron chi connectivity index (χ3n) is 3.91. The van der Waals surface area contributed by atoms with Gasteiger partial charge >= 0.3 is 0 Å². The molecule has 2 amide bonds. The summed E-state index contributed by atoms with van der Waals surface area (Å²) in [4.78, 5) is 26.5. The molecule has 0 aliphatic rings. The highest BCUT2D eigenvalue weighted by Gasteiger charge is 2.06. The lowest BCUT2D eigenvalue weighted by atomic mass is 10.2. The number of anilines is 1. The highest BCUT2D eigenvalue weighted by Crippen LogP contribution is 2.23. The Morgan fingerprint density at radius 3 is 2.28 bits per heavy atom. The summed E-state index contributed by atoms with van der Waals surface area (Å²) in [5.74, 6) is 0.924. The van der Waals surface area contributed by atoms with E-state index < -0.39 is 5.91 Å². The van der Waals surface area contributed by atoms with E-state index >= 15 is 0 Å². The van der Waals surface area contributed by atoms with Crippen molar-refractivity contribution in [3.8, 4) is 17.4 Å². The molecular weight excluding hydrogens is 370 g/mol. The fraction of sp³-hybridized carbons (Fsp3) is 0.136. The molecule has 0 unspecified atom stereocenters. The summed E-state index contributed by atoms with van der Waals surface area (Å²) in [5.41, 5.74) is 6.63. The van der Waals surface area contributed by atoms with Gasteiger partial charge in [-0.2, -0.15) is 0 Å². The topological polar surface area (TPSA) is 104 Å². The average molecular weight is 391 g/mol. The lowest BCUT2D eigenvalue weighted by Crippen LogP contribution is -2.17. The zero-order chi connectivity index (χ0) is 20.5. The first-order valence-corrected chi connectivity index (χ1v) is 9.07. The molecule has 0 spiro atoms. The number of benzene rings is 2. The van der Waals surface area contributed by atoms with Gasteiger partial charge in [-0.25, -0.2) is 4.98 Å². The Morgan fingerprint density at radius 2 is 1.62 bits per heavy atom. The van der Waals surface area contributed by atoms with Crippen molar-refractivity contribution in [3.63, 3.8) is 0 Å². The summed E-state index contributed by atoms with van der Waals surface area (Å²) in [6.07, 6.45) is 1.52. The summed E-state index contributed by atoms with van der Waals surface area (Å²) < 4.78 is 11.4. The average Bonchev–Trinajstić information content (AvgIpc) is 2.74. The normalized spacial score (nSPS) is 10.2. The van der Waals surface area contributed by atoms with E-state index in [1.165, 1.54) is 6.20 Å². The molecule has 0 saturated heterocycles. The first-order valence-electron chi connectivity index (χ1n) is 9.07. The molecule has 2 aromatic carbocycles. The first kappa shape index (κ1) is 19.9. The van der Waals surface area contributed by atoms with E-state index in [9.17, 15) is 9.59 Å². The quantitative estimate of drug-likeness (QED) is 0.579. The summed E-state index contributed by atoms with van der Waals surface area (Å²) in [6, 6.07) is 20.5. The van der Waals surface area contributed by atoms with Crippen molar-refractivity contribution in [1.82, 2.24) is 4.98 Å². The van der Waals surface area contributed by atoms with Crippen molar-refractivity contribution in [3.05, 3.63) is 78.5 Å². The van der Waals surface area contributed by atoms with Gasteiger partial charge in [0.25, 0.3) is 0 Å². The van der Waals surface area contributed by atoms with Crippen LogP contribution in [0, 0.1) is 0 Å². The molecular formula is C22H21N3O4. The summed E-state index contributed by atoms with van der Waals surface area (Å²) in [6.45, 7) is 0.495. The second kappa shape index (κ2) is 9.89. The third kappa shape index (κ3) is 6.66. The molecule has 3 aromatic rings. The zero-order valence-corrected chi connectivity index (χ0v) is 15.7. The van der Waals surface area contributed by atoms with Crippen LogP contribution in [0.4, 0.5) is 5.69 Å². The summed E-state index contributed by atoms with van der Waals surface area (Å²) in [7, 11) is 0. The second-order valence-electron chi connectivity index (χ2n) is 6.25. The van der Waals surface area contributed by atoms with Gasteiger partial charge in [-0.3, -0.25) is 9.59 Å². The largest absolute Gasteiger partial charge is 0.489 e. The smallest absolute Gasteiger partial charge is 0.224 e. The standard InChI is InChI=1S/C22H21N3O4/c23-20(26)11-12-21(27)25-17-6-13-22(24-14-17)29-19-9-7-18(8-10-19)28-15-16-4-2-1-3-5-16/h1-10,13-14H,11-12,15H2,(H2,23,26)(H,25,27). The number of pyridine rings is 1. The Bertz CT molecular complexity index is 942. The van der Waals surface area contributed by atoms with E-state index in [1.807, 2.05) is 42.5 Å². The molecule has 3 N–H and O–H groups in total. The van der Waals surface area contributed by atoms with E-state index in [4.69, 9.17) is 15.2 Å². The number of carbonyl (C=O) groups excluding carboxylic acids is 2. The van der Waals surface area contributed by atoms with Crippen molar-refractivity contribution in [2.75, 3.05) is 5.32 Å². The number of aromatic nitrogens is 1. The van der Waals surface area contributed by atoms with Gasteiger partial charge in [0.2, 0.25) is 17.7 Å². The Morgan fingerprint density at radius 1 is 0.897 bits per heavy atom. The van der Waals surface area contributed by atoms with Gasteiger partial charge in [-0.15, -0.1) is 0 Å². The van der Waals surface area contributed by atoms with E-state index in [-0.39, 0.29) is 18.7 Å². The zero-order valence-electron chi connectivity index (χ0n) is 15.7. The highest BCUT2D eigenvalue weighted by molar-refractivity contribution is 5.92. The predicted molar refractivity (Wildman–Crippen MR) is 109 cm³/mol. The first-order chi connectivity index (χ1) is 14.1. The fourth-order valence-corrected chi connectivity index (χ4v) is 2.44. The molecule has 0 fully saturated rings. The number of rotatable bonds is 9. The van der Waals surface area contributed by atoms with Crippen molar-refractivity contribution >= 4 is 17.5 Å². The van der Waals surface area contributed by atoms with E-state index in [2.05, 4.69) is 10.3 Å². The monoisotopic (exact) mass is 391 g/mol. The molecule has 0 atom stereocenters. The van der Waals surface area contributed by atoms with Crippen LogP contribution in [0.2, 0.25) is 0 Å². The minimum atomic E-state index is -0.515. The Hall–Kier alpha value is -3.87. The second-order valence-corrected chi connectivity index (χ2v) is 6.25. The number of amides is 2. The number of hydrogen-bond acceptors (Lipinski definition) is 5. The number of nitrogens with two attached hydrogens (primary N) is 1. The molecule has 148 valence electrons. The van der Waals surface area contributed by atoms with Gasteiger partial charge in [0.15, 0.2) is 0 Å². The Labute approximate surface area is 168 Å². The van der Waals surface area contributed by atoms with Crippen LogP contribution in [0.1, 0.15) is 18.4 Å². The molecule has 7 heteroatoms. The molecule has 1 heterocycles. The van der Waals surface area contributed by atoms with Crippen molar-refractivity contribution < 1.29 is 19.1 Å². The van der Waals surface area contributed by atoms with Crippen LogP contribution in [0.5, 0.6) is 17.4 Å². The Kier molecular flexibility index (Phi) is 6.78. The lowest BCUT2D eigenvalue weighted by molar-refractivity contribution is -0.122. The molecule has 0 radical (unpaired) electrons. The minimum Gasteiger partial charge on any atom is -0.489 e. The van der Waals surface area contributed by atoms with Crippen LogP contribution in [0.15, 0.2) is 72.9 Å². The van der Waals surface area contributed by atoms with E-state index in [1.54, 1.807) is 24.3 Å². The third-order valence-corrected chi connectivity index (χ3v) is 3.91. The summed E-state index contributed by atoms with van der Waals surface area (Å²) in [5, 5.41) is 2.64. The molecule has 1 aromatic heterocycles. The van der Waals surface area contributed by atoms with Crippen molar-refractivity contribution in [2.45, 2.75) is 19.4 Å². The fourth-order valence-electron chi connectivity index (χ4n) is 2.44. The molecule has 7 nitrogen and oxygen atoms in total. The van der Waals surface area contributed by atoms with Crippen molar-refractivity contribution in [1.29, 1.82) is 0 Å². The highest BCUT2D eigenvalue weighted by atomic mass is 16.5. The number of ether oxygens (including phenoxy) is 2. The van der Waals surface area contributed by atoms with Crippen LogP contribution < -0.4 is 20.5 Å². The van der Waals surface area contributed by atoms with Crippen LogP contribution in [0.3, 0.4) is 0 Å². The van der Waals surface area contributed by atoms with Crippen LogP contribution in [-0.2, 0) is 16.2 Å². The van der Waals surface area contributed by atoms with Crippen molar-refractivity contribution in [2.24, 2.45) is 5.73 Å². The van der Waals surface area contributed by atoms with Gasteiger partial charge in [0.1, 0.15) is 18.1 Å². The van der Waals surface area contributed by atoms with Crippen LogP contribution in [-0.4, -0.2) is 16.8 Å². The molecule has 0 saturated carbocycles. The molecule has 0 aliphatic heterocycles. The van der Waals surface area contributed by atoms with Gasteiger partial charge in [0, 0.05) is 18.9 Å². The number of nitrogens with zero attached hydrogens (tertiary/aromatic N) is 1. The van der Waals surface area contributed by atoms with Crippen LogP contribution in [0.25, 0.3) is 0 Å². The van der Waals surface area contributed by atoms with Gasteiger partial charge in [0.05, 0.1) is 11.9 Å². The maximum absolute atomic E-state index is 11.7. The van der Waals surface area contributed by atoms with E-state index in [0.29, 0.717) is 23.9 Å². The maximum Gasteiger partial charge on any atom is 0.224 e.